The zero-order valence-electron chi connectivity index (χ0n) is 13.6. The van der Waals surface area contributed by atoms with E-state index in [0.29, 0.717) is 0 Å². The molecule has 0 saturated heterocycles. The molecule has 0 aromatic heterocycles. The number of hydrogen-bond acceptors (Lipinski definition) is 0. The maximum Gasteiger partial charge on any atom is 0.0841 e. The molecule has 0 aliphatic carbocycles. The molecule has 1 unspecified atom stereocenters. The van der Waals surface area contributed by atoms with E-state index in [4.69, 9.17) is 23.2 Å². The molecule has 0 heterocycles. The van der Waals surface area contributed by atoms with Crippen LogP contribution < -0.4 is 0 Å². The Morgan fingerprint density at radius 3 is 1.67 bits per heavy atom. The lowest BCUT2D eigenvalue weighted by molar-refractivity contribution is 1.03. The first-order valence-electron chi connectivity index (χ1n) is 7.22. The van der Waals surface area contributed by atoms with Crippen LogP contribution >= 0.6 is 23.2 Å². The van der Waals surface area contributed by atoms with Crippen LogP contribution in [0.15, 0.2) is 18.2 Å². The van der Waals surface area contributed by atoms with Crippen LogP contribution in [0.3, 0.4) is 0 Å². The van der Waals surface area contributed by atoms with Gasteiger partial charge in [0.1, 0.15) is 0 Å². The molecular weight excluding hydrogens is 299 g/mol. The highest BCUT2D eigenvalue weighted by atomic mass is 35.5. The lowest BCUT2D eigenvalue weighted by Gasteiger charge is -2.22. The molecule has 0 spiro atoms. The smallest absolute Gasteiger partial charge is 0.0841 e. The van der Waals surface area contributed by atoms with Crippen LogP contribution in [0, 0.1) is 41.5 Å². The zero-order chi connectivity index (χ0) is 15.9. The Morgan fingerprint density at radius 1 is 0.714 bits per heavy atom. The average Bonchev–Trinajstić information content (AvgIpc) is 2.42. The highest BCUT2D eigenvalue weighted by Gasteiger charge is 2.20. The number of rotatable bonds is 2. The first-order chi connectivity index (χ1) is 9.73. The van der Waals surface area contributed by atoms with Crippen molar-refractivity contribution in [3.63, 3.8) is 0 Å². The third-order valence-electron chi connectivity index (χ3n) is 4.67. The fourth-order valence-corrected chi connectivity index (χ4v) is 3.74. The van der Waals surface area contributed by atoms with Crippen molar-refractivity contribution >= 4 is 23.2 Å². The van der Waals surface area contributed by atoms with Gasteiger partial charge in [0.25, 0.3) is 0 Å². The lowest BCUT2D eigenvalue weighted by atomic mass is 9.86. The van der Waals surface area contributed by atoms with Crippen molar-refractivity contribution in [3.05, 3.63) is 67.7 Å². The van der Waals surface area contributed by atoms with Gasteiger partial charge in [-0.2, -0.15) is 0 Å². The fraction of sp³-hybridized carbons (Fsp3) is 0.368. The quantitative estimate of drug-likeness (QED) is 0.552. The lowest BCUT2D eigenvalue weighted by Crippen LogP contribution is -2.06. The molecule has 0 aliphatic heterocycles. The largest absolute Gasteiger partial charge is 0.113 e. The zero-order valence-corrected chi connectivity index (χ0v) is 15.1. The molecule has 2 rings (SSSR count). The van der Waals surface area contributed by atoms with Crippen LogP contribution in [0.2, 0.25) is 5.02 Å². The van der Waals surface area contributed by atoms with Crippen molar-refractivity contribution in [3.8, 4) is 0 Å². The summed E-state index contributed by atoms with van der Waals surface area (Å²) in [4.78, 5) is 0. The van der Waals surface area contributed by atoms with Gasteiger partial charge in [-0.05, 0) is 98.2 Å². The topological polar surface area (TPSA) is 0 Å². The molecule has 0 amide bonds. The van der Waals surface area contributed by atoms with Crippen LogP contribution in [0.25, 0.3) is 0 Å². The van der Waals surface area contributed by atoms with Crippen molar-refractivity contribution in [2.45, 2.75) is 46.9 Å². The summed E-state index contributed by atoms with van der Waals surface area (Å²) in [6, 6.07) is 6.04. The Labute approximate surface area is 138 Å². The van der Waals surface area contributed by atoms with E-state index in [1.54, 1.807) is 0 Å². The normalized spacial score (nSPS) is 12.6. The van der Waals surface area contributed by atoms with E-state index in [9.17, 15) is 0 Å². The molecule has 112 valence electrons. The second-order valence-electron chi connectivity index (χ2n) is 5.96. The first-order valence-corrected chi connectivity index (χ1v) is 8.03. The third-order valence-corrected chi connectivity index (χ3v) is 5.36. The number of hydrogen-bond donors (Lipinski definition) is 0. The Balaban J connectivity index is 2.66. The molecule has 2 aromatic rings. The molecule has 0 saturated carbocycles. The van der Waals surface area contributed by atoms with Gasteiger partial charge in [-0.25, -0.2) is 0 Å². The summed E-state index contributed by atoms with van der Waals surface area (Å²) >= 11 is 13.0. The van der Waals surface area contributed by atoms with Gasteiger partial charge < -0.3 is 0 Å². The van der Waals surface area contributed by atoms with Gasteiger partial charge in [-0.15, -0.1) is 11.6 Å². The van der Waals surface area contributed by atoms with Crippen LogP contribution in [-0.2, 0) is 0 Å². The van der Waals surface area contributed by atoms with Crippen molar-refractivity contribution in [1.29, 1.82) is 0 Å². The highest BCUT2D eigenvalue weighted by Crippen LogP contribution is 2.38. The summed E-state index contributed by atoms with van der Waals surface area (Å²) in [5, 5.41) is 0.576. The van der Waals surface area contributed by atoms with E-state index >= 15 is 0 Å². The number of benzene rings is 2. The van der Waals surface area contributed by atoms with Crippen LogP contribution in [-0.4, -0.2) is 0 Å². The predicted octanol–water partition coefficient (Wildman–Crippen LogP) is 6.52. The summed E-state index contributed by atoms with van der Waals surface area (Å²) in [6.45, 7) is 12.9. The van der Waals surface area contributed by atoms with E-state index in [1.807, 2.05) is 19.1 Å². The molecular formula is C19H22Cl2. The summed E-state index contributed by atoms with van der Waals surface area (Å²) in [7, 11) is 0. The van der Waals surface area contributed by atoms with Crippen molar-refractivity contribution in [2.24, 2.45) is 0 Å². The molecule has 0 bridgehead atoms. The van der Waals surface area contributed by atoms with E-state index in [-0.39, 0.29) is 5.38 Å². The average molecular weight is 321 g/mol. The highest BCUT2D eigenvalue weighted by molar-refractivity contribution is 6.31. The molecule has 2 aromatic carbocycles. The fourth-order valence-electron chi connectivity index (χ4n) is 2.99. The minimum absolute atomic E-state index is 0.166. The molecule has 1 atom stereocenters. The molecule has 0 fully saturated rings. The van der Waals surface area contributed by atoms with Gasteiger partial charge in [0.2, 0.25) is 0 Å². The van der Waals surface area contributed by atoms with Gasteiger partial charge in [0.05, 0.1) is 5.38 Å². The van der Waals surface area contributed by atoms with E-state index in [1.165, 1.54) is 33.4 Å². The number of alkyl halides is 1. The van der Waals surface area contributed by atoms with Crippen LogP contribution in [0.5, 0.6) is 0 Å². The van der Waals surface area contributed by atoms with Crippen molar-refractivity contribution < 1.29 is 0 Å². The third kappa shape index (κ3) is 2.98. The van der Waals surface area contributed by atoms with Gasteiger partial charge >= 0.3 is 0 Å². The SMILES string of the molecule is Cc1cc(Cl)cc(C(Cl)c2c(C)c(C)c(C)c(C)c2C)c1. The Kier molecular flexibility index (Phi) is 4.70. The predicted molar refractivity (Wildman–Crippen MR) is 94.0 cm³/mol. The maximum absolute atomic E-state index is 6.82. The minimum atomic E-state index is -0.166. The van der Waals surface area contributed by atoms with Crippen molar-refractivity contribution in [1.82, 2.24) is 0 Å². The van der Waals surface area contributed by atoms with Gasteiger partial charge in [-0.3, -0.25) is 0 Å². The Hall–Kier alpha value is -0.980. The van der Waals surface area contributed by atoms with E-state index in [0.717, 1.165) is 16.1 Å². The first kappa shape index (κ1) is 16.4. The molecule has 0 radical (unpaired) electrons. The molecule has 21 heavy (non-hydrogen) atoms. The monoisotopic (exact) mass is 320 g/mol. The van der Waals surface area contributed by atoms with Crippen molar-refractivity contribution in [2.75, 3.05) is 0 Å². The summed E-state index contributed by atoms with van der Waals surface area (Å²) in [5.41, 5.74) is 10.0. The van der Waals surface area contributed by atoms with Crippen LogP contribution in [0.4, 0.5) is 0 Å². The van der Waals surface area contributed by atoms with E-state index < -0.39 is 0 Å². The Morgan fingerprint density at radius 2 is 1.19 bits per heavy atom. The maximum atomic E-state index is 6.82. The second kappa shape index (κ2) is 6.02. The molecule has 0 N–H and O–H groups in total. The van der Waals surface area contributed by atoms with Gasteiger partial charge in [0, 0.05) is 5.02 Å². The number of halogens is 2. The summed E-state index contributed by atoms with van der Waals surface area (Å²) in [6.07, 6.45) is 0. The summed E-state index contributed by atoms with van der Waals surface area (Å²) < 4.78 is 0. The minimum Gasteiger partial charge on any atom is -0.113 e. The summed E-state index contributed by atoms with van der Waals surface area (Å²) in [5.74, 6) is 0. The van der Waals surface area contributed by atoms with E-state index in [2.05, 4.69) is 40.7 Å². The standard InChI is InChI=1S/C19H22Cl2/c1-10-7-16(9-17(20)8-10)19(21)18-14(5)12(3)11(2)13(4)15(18)6/h7-9,19H,1-6H3. The van der Waals surface area contributed by atoms with Crippen LogP contribution in [0.1, 0.15) is 49.9 Å². The molecule has 0 aliphatic rings. The molecule has 2 heteroatoms. The molecule has 0 nitrogen and oxygen atoms in total. The van der Waals surface area contributed by atoms with Gasteiger partial charge in [0.15, 0.2) is 0 Å². The number of aryl methyl sites for hydroxylation is 1. The van der Waals surface area contributed by atoms with Gasteiger partial charge in [-0.1, -0.05) is 17.7 Å². The second-order valence-corrected chi connectivity index (χ2v) is 6.84. The Bertz CT molecular complexity index is 650.